The predicted octanol–water partition coefficient (Wildman–Crippen LogP) is 2.23. The van der Waals surface area contributed by atoms with Gasteiger partial charge in [0.2, 0.25) is 5.95 Å². The molecule has 13 heavy (non-hydrogen) atoms. The highest BCUT2D eigenvalue weighted by Crippen LogP contribution is 2.16. The van der Waals surface area contributed by atoms with E-state index in [1.807, 2.05) is 0 Å². The lowest BCUT2D eigenvalue weighted by molar-refractivity contribution is 0.568. The van der Waals surface area contributed by atoms with Gasteiger partial charge in [-0.3, -0.25) is 0 Å². The van der Waals surface area contributed by atoms with Crippen LogP contribution in [0.5, 0.6) is 0 Å². The van der Waals surface area contributed by atoms with Crippen molar-refractivity contribution in [3.05, 3.63) is 16.9 Å². The van der Waals surface area contributed by atoms with Gasteiger partial charge in [-0.1, -0.05) is 0 Å². The standard InChI is InChI=1S/C9H12BrN3/c10-8-4-5-11-9(12-8)13-6-2-1-3-7-13/h4-5H,1-3,6-7H2/i1D2,2D2,3D2,6D2,7D2. The van der Waals surface area contributed by atoms with Crippen molar-refractivity contribution < 1.29 is 13.7 Å². The Labute approximate surface area is 100 Å². The quantitative estimate of drug-likeness (QED) is 0.718. The molecule has 0 N–H and O–H groups in total. The van der Waals surface area contributed by atoms with Gasteiger partial charge in [-0.15, -0.1) is 0 Å². The zero-order valence-corrected chi connectivity index (χ0v) is 7.96. The molecule has 2 rings (SSSR count). The second kappa shape index (κ2) is 4.05. The molecule has 0 unspecified atom stereocenters. The summed E-state index contributed by atoms with van der Waals surface area (Å²) in [6, 6.07) is 1.38. The Hall–Kier alpha value is -0.640. The highest BCUT2D eigenvalue weighted by Gasteiger charge is 2.12. The van der Waals surface area contributed by atoms with E-state index in [-0.39, 0.29) is 9.50 Å². The minimum absolute atomic E-state index is 0.117. The Kier molecular flexibility index (Phi) is 0.910. The summed E-state index contributed by atoms with van der Waals surface area (Å²) in [6.07, 6.45) is -9.07. The van der Waals surface area contributed by atoms with Gasteiger partial charge in [-0.2, -0.15) is 0 Å². The minimum atomic E-state index is -3.45. The van der Waals surface area contributed by atoms with Gasteiger partial charge in [0.25, 0.3) is 0 Å². The van der Waals surface area contributed by atoms with Crippen LogP contribution in [0.2, 0.25) is 0 Å². The third-order valence-electron chi connectivity index (χ3n) is 1.27. The molecule has 0 radical (unpaired) electrons. The molecule has 1 fully saturated rings. The Morgan fingerprint density at radius 2 is 2.15 bits per heavy atom. The Morgan fingerprint density at radius 3 is 2.85 bits per heavy atom. The zero-order valence-electron chi connectivity index (χ0n) is 16.4. The average Bonchev–Trinajstić information content (AvgIpc) is 2.36. The summed E-state index contributed by atoms with van der Waals surface area (Å²) in [4.78, 5) is 7.56. The summed E-state index contributed by atoms with van der Waals surface area (Å²) < 4.78 is 78.6. The third-order valence-corrected chi connectivity index (χ3v) is 1.71. The molecular formula is C9H12BrN3. The van der Waals surface area contributed by atoms with Gasteiger partial charge in [0.15, 0.2) is 0 Å². The van der Waals surface area contributed by atoms with Crippen LogP contribution in [-0.4, -0.2) is 23.0 Å². The fourth-order valence-corrected chi connectivity index (χ4v) is 1.04. The SMILES string of the molecule is [2H]C1([2H])N(c2nccc(Br)n2)C([2H])([2H])C([2H])([2H])C([2H])([2H])C1([2H])[2H]. The maximum Gasteiger partial charge on any atom is 0.226 e. The van der Waals surface area contributed by atoms with Crippen LogP contribution in [0.4, 0.5) is 5.95 Å². The van der Waals surface area contributed by atoms with Crippen molar-refractivity contribution in [2.24, 2.45) is 0 Å². The maximum atomic E-state index is 7.96. The van der Waals surface area contributed by atoms with Crippen LogP contribution >= 0.6 is 15.9 Å². The molecule has 0 bridgehead atoms. The lowest BCUT2D eigenvalue weighted by Gasteiger charge is -2.26. The van der Waals surface area contributed by atoms with E-state index in [1.165, 1.54) is 6.07 Å². The average molecular weight is 252 g/mol. The number of piperidine rings is 1. The highest BCUT2D eigenvalue weighted by molar-refractivity contribution is 9.10. The molecule has 0 atom stereocenters. The fraction of sp³-hybridized carbons (Fsp3) is 0.556. The smallest absolute Gasteiger partial charge is 0.226 e. The van der Waals surface area contributed by atoms with Gasteiger partial charge >= 0.3 is 0 Å². The highest BCUT2D eigenvalue weighted by atomic mass is 79.9. The second-order valence-corrected chi connectivity index (χ2v) is 2.93. The molecular weight excluding hydrogens is 230 g/mol. The van der Waals surface area contributed by atoms with Crippen molar-refractivity contribution in [3.63, 3.8) is 0 Å². The first-order valence-electron chi connectivity index (χ1n) is 8.41. The molecule has 0 aromatic carbocycles. The molecule has 1 aromatic heterocycles. The van der Waals surface area contributed by atoms with Crippen molar-refractivity contribution in [2.75, 3.05) is 17.9 Å². The van der Waals surface area contributed by atoms with Gasteiger partial charge in [-0.05, 0) is 41.1 Å². The molecule has 1 aliphatic heterocycles. The van der Waals surface area contributed by atoms with Crippen molar-refractivity contribution in [2.45, 2.75) is 19.1 Å². The Morgan fingerprint density at radius 1 is 1.38 bits per heavy atom. The van der Waals surface area contributed by atoms with Crippen LogP contribution in [-0.2, 0) is 0 Å². The monoisotopic (exact) mass is 251 g/mol. The van der Waals surface area contributed by atoms with Crippen LogP contribution in [0.25, 0.3) is 0 Å². The maximum absolute atomic E-state index is 7.96. The molecule has 1 saturated heterocycles. The molecule has 0 saturated carbocycles. The number of hydrogen-bond acceptors (Lipinski definition) is 3. The number of anilines is 1. The fourth-order valence-electron chi connectivity index (χ4n) is 0.762. The second-order valence-electron chi connectivity index (χ2n) is 2.11. The van der Waals surface area contributed by atoms with Crippen molar-refractivity contribution in [1.29, 1.82) is 0 Å². The number of halogens is 1. The number of hydrogen-bond donors (Lipinski definition) is 0. The van der Waals surface area contributed by atoms with Crippen LogP contribution in [0.1, 0.15) is 32.8 Å². The molecule has 70 valence electrons. The lowest BCUT2D eigenvalue weighted by Crippen LogP contribution is -2.30. The molecule has 3 nitrogen and oxygen atoms in total. The summed E-state index contributed by atoms with van der Waals surface area (Å²) in [5.41, 5.74) is 0. The van der Waals surface area contributed by atoms with Gasteiger partial charge in [0.1, 0.15) is 4.60 Å². The molecule has 0 aliphatic carbocycles. The third kappa shape index (κ3) is 2.18. The van der Waals surface area contributed by atoms with E-state index in [0.717, 1.165) is 6.20 Å². The van der Waals surface area contributed by atoms with Gasteiger partial charge < -0.3 is 4.90 Å². The number of rotatable bonds is 1. The van der Waals surface area contributed by atoms with Crippen molar-refractivity contribution in [1.82, 2.24) is 9.97 Å². The summed E-state index contributed by atoms with van der Waals surface area (Å²) in [5, 5.41) is 0. The van der Waals surface area contributed by atoms with E-state index in [1.54, 1.807) is 0 Å². The van der Waals surface area contributed by atoms with Crippen LogP contribution in [0.15, 0.2) is 16.9 Å². The summed E-state index contributed by atoms with van der Waals surface area (Å²) in [7, 11) is 0. The summed E-state index contributed by atoms with van der Waals surface area (Å²) in [6.45, 7) is -6.52. The van der Waals surface area contributed by atoms with Gasteiger partial charge in [-0.25, -0.2) is 9.97 Å². The van der Waals surface area contributed by atoms with Gasteiger partial charge in [0, 0.05) is 32.9 Å². The van der Waals surface area contributed by atoms with E-state index in [9.17, 15) is 0 Å². The summed E-state index contributed by atoms with van der Waals surface area (Å²) >= 11 is 3.00. The first-order valence-corrected chi connectivity index (χ1v) is 4.20. The molecule has 4 heteroatoms. The summed E-state index contributed by atoms with van der Waals surface area (Å²) in [5.74, 6) is -0.599. The number of nitrogens with zero attached hydrogens (tertiary/aromatic N) is 3. The van der Waals surface area contributed by atoms with Crippen LogP contribution in [0.3, 0.4) is 0 Å². The number of aromatic nitrogens is 2. The molecule has 0 amide bonds. The minimum Gasteiger partial charge on any atom is -0.341 e. The van der Waals surface area contributed by atoms with E-state index in [0.29, 0.717) is 0 Å². The first-order chi connectivity index (χ1) is 10.1. The Bertz CT molecular complexity index is 604. The topological polar surface area (TPSA) is 29.0 Å². The first kappa shape index (κ1) is 2.92. The van der Waals surface area contributed by atoms with E-state index in [4.69, 9.17) is 13.7 Å². The predicted molar refractivity (Wildman–Crippen MR) is 55.8 cm³/mol. The Balaban J connectivity index is 2.80. The van der Waals surface area contributed by atoms with Crippen LogP contribution in [0, 0.1) is 0 Å². The molecule has 1 aromatic rings. The largest absolute Gasteiger partial charge is 0.341 e. The van der Waals surface area contributed by atoms with Gasteiger partial charge in [0.05, 0.1) is 0 Å². The van der Waals surface area contributed by atoms with Crippen molar-refractivity contribution >= 4 is 21.9 Å². The van der Waals surface area contributed by atoms with E-state index in [2.05, 4.69) is 25.9 Å². The lowest BCUT2D eigenvalue weighted by atomic mass is 10.1. The normalized spacial score (nSPS) is 48.2. The van der Waals surface area contributed by atoms with E-state index >= 15 is 0 Å². The molecule has 1 aliphatic rings. The molecule has 0 spiro atoms. The zero-order chi connectivity index (χ0) is 18.1. The van der Waals surface area contributed by atoms with E-state index < -0.39 is 38.1 Å². The molecule has 2 heterocycles. The van der Waals surface area contributed by atoms with Crippen LogP contribution < -0.4 is 4.90 Å². The van der Waals surface area contributed by atoms with Crippen molar-refractivity contribution in [3.8, 4) is 0 Å².